The van der Waals surface area contributed by atoms with Gasteiger partial charge in [0.05, 0.1) is 19.3 Å². The van der Waals surface area contributed by atoms with Gasteiger partial charge >= 0.3 is 0 Å². The smallest absolute Gasteiger partial charge is 0.222 e. The normalized spacial score (nSPS) is 18.0. The highest BCUT2D eigenvalue weighted by Gasteiger charge is 2.23. The van der Waals surface area contributed by atoms with Crippen LogP contribution < -0.4 is 5.73 Å². The third-order valence-electron chi connectivity index (χ3n) is 4.28. The highest BCUT2D eigenvalue weighted by Crippen LogP contribution is 2.19. The summed E-state index contributed by atoms with van der Waals surface area (Å²) in [6.45, 7) is 4.93. The Kier molecular flexibility index (Phi) is 9.63. The first-order valence-electron chi connectivity index (χ1n) is 8.41. The molecule has 0 aromatic rings. The van der Waals surface area contributed by atoms with Crippen molar-refractivity contribution in [1.82, 2.24) is 4.90 Å². The fourth-order valence-corrected chi connectivity index (χ4v) is 3.05. The molecule has 5 nitrogen and oxygen atoms in total. The summed E-state index contributed by atoms with van der Waals surface area (Å²) in [7, 11) is 0. The molecule has 5 heteroatoms. The number of piperidine rings is 1. The minimum atomic E-state index is 0.0686. The highest BCUT2D eigenvalue weighted by molar-refractivity contribution is 5.76. The molecule has 1 fully saturated rings. The molecule has 21 heavy (non-hydrogen) atoms. The van der Waals surface area contributed by atoms with E-state index in [2.05, 4.69) is 6.92 Å². The molecule has 0 saturated carbocycles. The van der Waals surface area contributed by atoms with Crippen LogP contribution in [0.4, 0.5) is 0 Å². The van der Waals surface area contributed by atoms with Crippen LogP contribution in [0.1, 0.15) is 51.9 Å². The maximum Gasteiger partial charge on any atom is 0.222 e. The Morgan fingerprint density at radius 2 is 2.05 bits per heavy atom. The van der Waals surface area contributed by atoms with Crippen LogP contribution in [0.15, 0.2) is 0 Å². The van der Waals surface area contributed by atoms with E-state index in [4.69, 9.17) is 15.6 Å². The van der Waals surface area contributed by atoms with Crippen LogP contribution in [0, 0.1) is 5.92 Å². The molecule has 0 radical (unpaired) electrons. The molecule has 1 unspecified atom stereocenters. The average molecular weight is 300 g/mol. The molecule has 0 aliphatic carbocycles. The predicted octanol–water partition coefficient (Wildman–Crippen LogP) is 1.53. The monoisotopic (exact) mass is 300 g/mol. The fraction of sp³-hybridized carbons (Fsp3) is 0.938. The van der Waals surface area contributed by atoms with Crippen molar-refractivity contribution in [2.45, 2.75) is 58.0 Å². The van der Waals surface area contributed by atoms with Crippen molar-refractivity contribution in [3.05, 3.63) is 0 Å². The van der Waals surface area contributed by atoms with E-state index in [1.807, 2.05) is 4.90 Å². The number of nitrogens with two attached hydrogens (primary N) is 1. The van der Waals surface area contributed by atoms with Gasteiger partial charge in [0.2, 0.25) is 5.91 Å². The number of aliphatic hydroxyl groups is 1. The number of carbonyl (C=O) groups excluding carboxylic acids is 1. The third-order valence-corrected chi connectivity index (χ3v) is 4.28. The van der Waals surface area contributed by atoms with Gasteiger partial charge in [-0.15, -0.1) is 0 Å². The molecule has 0 aromatic heterocycles. The van der Waals surface area contributed by atoms with Gasteiger partial charge in [-0.25, -0.2) is 0 Å². The van der Waals surface area contributed by atoms with Gasteiger partial charge in [-0.2, -0.15) is 0 Å². The molecule has 1 saturated heterocycles. The van der Waals surface area contributed by atoms with E-state index in [0.717, 1.165) is 45.2 Å². The zero-order chi connectivity index (χ0) is 15.5. The minimum Gasteiger partial charge on any atom is -0.394 e. The topological polar surface area (TPSA) is 75.8 Å². The van der Waals surface area contributed by atoms with E-state index in [9.17, 15) is 4.79 Å². The molecule has 1 heterocycles. The van der Waals surface area contributed by atoms with Crippen molar-refractivity contribution in [2.75, 3.05) is 32.8 Å². The first-order chi connectivity index (χ1) is 10.2. The van der Waals surface area contributed by atoms with Crippen molar-refractivity contribution >= 4 is 5.91 Å². The van der Waals surface area contributed by atoms with Gasteiger partial charge in [0, 0.05) is 19.5 Å². The van der Waals surface area contributed by atoms with E-state index in [-0.39, 0.29) is 18.6 Å². The molecular formula is C16H32N2O3. The summed E-state index contributed by atoms with van der Waals surface area (Å²) in [5, 5.41) is 8.75. The van der Waals surface area contributed by atoms with Gasteiger partial charge < -0.3 is 20.5 Å². The van der Waals surface area contributed by atoms with Gasteiger partial charge in [-0.3, -0.25) is 4.79 Å². The van der Waals surface area contributed by atoms with Crippen LogP contribution in [0.2, 0.25) is 0 Å². The summed E-state index contributed by atoms with van der Waals surface area (Å²) in [4.78, 5) is 14.2. The van der Waals surface area contributed by atoms with Gasteiger partial charge in [0.25, 0.3) is 0 Å². The summed E-state index contributed by atoms with van der Waals surface area (Å²) in [6, 6.07) is 0. The number of rotatable bonds is 10. The fourth-order valence-electron chi connectivity index (χ4n) is 3.05. The van der Waals surface area contributed by atoms with Gasteiger partial charge in [-0.1, -0.05) is 19.8 Å². The second-order valence-corrected chi connectivity index (χ2v) is 5.95. The van der Waals surface area contributed by atoms with E-state index >= 15 is 0 Å². The van der Waals surface area contributed by atoms with Crippen molar-refractivity contribution in [1.29, 1.82) is 0 Å². The molecule has 124 valence electrons. The van der Waals surface area contributed by atoms with Gasteiger partial charge in [0.1, 0.15) is 0 Å². The average Bonchev–Trinajstić information content (AvgIpc) is 2.51. The summed E-state index contributed by atoms with van der Waals surface area (Å²) in [5.74, 6) is 0.864. The second-order valence-electron chi connectivity index (χ2n) is 5.95. The number of nitrogens with zero attached hydrogens (tertiary/aromatic N) is 1. The maximum atomic E-state index is 12.2. The van der Waals surface area contributed by atoms with Gasteiger partial charge in [-0.05, 0) is 38.1 Å². The standard InChI is InChI=1S/C16H32N2O3/c1-2-3-14(6-9-17)4-5-16(20)18-10-7-15(8-11-18)21-13-12-19/h14-15,19H,2-13,17H2,1H3. The van der Waals surface area contributed by atoms with Crippen molar-refractivity contribution in [3.8, 4) is 0 Å². The highest BCUT2D eigenvalue weighted by atomic mass is 16.5. The minimum absolute atomic E-state index is 0.0686. The zero-order valence-electron chi connectivity index (χ0n) is 13.4. The molecule has 1 rings (SSSR count). The van der Waals surface area contributed by atoms with Crippen LogP contribution in [-0.2, 0) is 9.53 Å². The second kappa shape index (κ2) is 11.0. The number of aliphatic hydroxyl groups excluding tert-OH is 1. The summed E-state index contributed by atoms with van der Waals surface area (Å²) < 4.78 is 5.52. The van der Waals surface area contributed by atoms with E-state index in [1.54, 1.807) is 0 Å². The molecule has 0 aromatic carbocycles. The Hall–Kier alpha value is -0.650. The number of carbonyl (C=O) groups is 1. The number of ether oxygens (including phenoxy) is 1. The Labute approximate surface area is 128 Å². The largest absolute Gasteiger partial charge is 0.394 e. The van der Waals surface area contributed by atoms with Crippen molar-refractivity contribution in [2.24, 2.45) is 11.7 Å². The Balaban J connectivity index is 2.23. The molecule has 0 bridgehead atoms. The Morgan fingerprint density at radius 1 is 1.33 bits per heavy atom. The lowest BCUT2D eigenvalue weighted by atomic mass is 9.94. The molecule has 1 amide bonds. The zero-order valence-corrected chi connectivity index (χ0v) is 13.4. The molecule has 1 aliphatic heterocycles. The SMILES string of the molecule is CCCC(CCN)CCC(=O)N1CCC(OCCO)CC1. The molecular weight excluding hydrogens is 268 g/mol. The summed E-state index contributed by atoms with van der Waals surface area (Å²) in [5.41, 5.74) is 5.64. The predicted molar refractivity (Wildman–Crippen MR) is 83.9 cm³/mol. The van der Waals surface area contributed by atoms with Crippen molar-refractivity contribution < 1.29 is 14.6 Å². The van der Waals surface area contributed by atoms with Gasteiger partial charge in [0.15, 0.2) is 0 Å². The lowest BCUT2D eigenvalue weighted by Crippen LogP contribution is -2.41. The number of hydrogen-bond acceptors (Lipinski definition) is 4. The van der Waals surface area contributed by atoms with Crippen LogP contribution in [0.3, 0.4) is 0 Å². The molecule has 1 aliphatic rings. The molecule has 3 N–H and O–H groups in total. The maximum absolute atomic E-state index is 12.2. The van der Waals surface area contributed by atoms with Crippen LogP contribution in [0.5, 0.6) is 0 Å². The first-order valence-corrected chi connectivity index (χ1v) is 8.41. The van der Waals surface area contributed by atoms with E-state index < -0.39 is 0 Å². The Morgan fingerprint density at radius 3 is 2.62 bits per heavy atom. The van der Waals surface area contributed by atoms with Crippen LogP contribution in [-0.4, -0.2) is 54.9 Å². The molecule has 1 atom stereocenters. The lowest BCUT2D eigenvalue weighted by Gasteiger charge is -2.32. The summed E-state index contributed by atoms with van der Waals surface area (Å²) >= 11 is 0. The van der Waals surface area contributed by atoms with E-state index in [1.165, 1.54) is 6.42 Å². The van der Waals surface area contributed by atoms with Crippen LogP contribution in [0.25, 0.3) is 0 Å². The lowest BCUT2D eigenvalue weighted by molar-refractivity contribution is -0.134. The number of amides is 1. The first kappa shape index (κ1) is 18.4. The van der Waals surface area contributed by atoms with E-state index in [0.29, 0.717) is 25.5 Å². The Bertz CT molecular complexity index is 273. The number of hydrogen-bond donors (Lipinski definition) is 2. The quantitative estimate of drug-likeness (QED) is 0.641. The summed E-state index contributed by atoms with van der Waals surface area (Å²) in [6.07, 6.45) is 6.93. The van der Waals surface area contributed by atoms with Crippen LogP contribution >= 0.6 is 0 Å². The number of likely N-dealkylation sites (tertiary alicyclic amines) is 1. The van der Waals surface area contributed by atoms with Crippen molar-refractivity contribution in [3.63, 3.8) is 0 Å². The third kappa shape index (κ3) is 7.25. The molecule has 0 spiro atoms.